The SMILES string of the molecule is CC1CN(c2ncccc2S(C)(=O)=O)CCN1. The van der Waals surface area contributed by atoms with Crippen LogP contribution < -0.4 is 10.2 Å². The number of pyridine rings is 1. The van der Waals surface area contributed by atoms with Crippen LogP contribution in [0.4, 0.5) is 5.82 Å². The molecule has 0 bridgehead atoms. The van der Waals surface area contributed by atoms with E-state index in [1.807, 2.05) is 4.90 Å². The molecule has 0 radical (unpaired) electrons. The molecule has 0 aliphatic carbocycles. The van der Waals surface area contributed by atoms with Crippen molar-refractivity contribution in [1.29, 1.82) is 0 Å². The smallest absolute Gasteiger partial charge is 0.179 e. The zero-order chi connectivity index (χ0) is 12.5. The number of rotatable bonds is 2. The highest BCUT2D eigenvalue weighted by Gasteiger charge is 2.22. The first-order valence-corrected chi connectivity index (χ1v) is 7.51. The van der Waals surface area contributed by atoms with E-state index in [0.29, 0.717) is 16.8 Å². The van der Waals surface area contributed by atoms with Crippen LogP contribution in [-0.2, 0) is 9.84 Å². The molecule has 1 N–H and O–H groups in total. The Morgan fingerprint density at radius 2 is 2.29 bits per heavy atom. The van der Waals surface area contributed by atoms with Gasteiger partial charge in [0.1, 0.15) is 10.7 Å². The highest BCUT2D eigenvalue weighted by molar-refractivity contribution is 7.90. The molecule has 17 heavy (non-hydrogen) atoms. The molecule has 1 aliphatic heterocycles. The van der Waals surface area contributed by atoms with Crippen molar-refractivity contribution in [2.24, 2.45) is 0 Å². The van der Waals surface area contributed by atoms with E-state index in [9.17, 15) is 8.42 Å². The molecule has 94 valence electrons. The van der Waals surface area contributed by atoms with Crippen molar-refractivity contribution in [2.45, 2.75) is 17.9 Å². The fraction of sp³-hybridized carbons (Fsp3) is 0.545. The zero-order valence-electron chi connectivity index (χ0n) is 10.0. The largest absolute Gasteiger partial charge is 0.353 e. The van der Waals surface area contributed by atoms with E-state index in [1.165, 1.54) is 6.26 Å². The van der Waals surface area contributed by atoms with Crippen LogP contribution in [0.15, 0.2) is 23.2 Å². The number of aromatic nitrogens is 1. The average molecular weight is 255 g/mol. The molecule has 2 rings (SSSR count). The molecular weight excluding hydrogens is 238 g/mol. The van der Waals surface area contributed by atoms with Gasteiger partial charge in [-0.2, -0.15) is 0 Å². The molecule has 5 nitrogen and oxygen atoms in total. The van der Waals surface area contributed by atoms with E-state index in [1.54, 1.807) is 18.3 Å². The summed E-state index contributed by atoms with van der Waals surface area (Å²) in [6.45, 7) is 4.49. The lowest BCUT2D eigenvalue weighted by molar-refractivity contribution is 0.480. The minimum atomic E-state index is -3.22. The van der Waals surface area contributed by atoms with Crippen molar-refractivity contribution >= 4 is 15.7 Å². The number of nitrogens with zero attached hydrogens (tertiary/aromatic N) is 2. The van der Waals surface area contributed by atoms with Crippen molar-refractivity contribution in [1.82, 2.24) is 10.3 Å². The Bertz CT molecular complexity index is 501. The Morgan fingerprint density at radius 1 is 1.53 bits per heavy atom. The van der Waals surface area contributed by atoms with E-state index in [-0.39, 0.29) is 0 Å². The van der Waals surface area contributed by atoms with Crippen LogP contribution >= 0.6 is 0 Å². The summed E-state index contributed by atoms with van der Waals surface area (Å²) in [7, 11) is -3.22. The average Bonchev–Trinajstić information content (AvgIpc) is 2.28. The second kappa shape index (κ2) is 4.62. The first kappa shape index (κ1) is 12.3. The summed E-state index contributed by atoms with van der Waals surface area (Å²) >= 11 is 0. The lowest BCUT2D eigenvalue weighted by atomic mass is 10.2. The van der Waals surface area contributed by atoms with E-state index >= 15 is 0 Å². The van der Waals surface area contributed by atoms with Gasteiger partial charge in [-0.05, 0) is 19.1 Å². The van der Waals surface area contributed by atoms with Gasteiger partial charge < -0.3 is 10.2 Å². The quantitative estimate of drug-likeness (QED) is 0.822. The number of nitrogens with one attached hydrogen (secondary N) is 1. The van der Waals surface area contributed by atoms with Crippen molar-refractivity contribution in [3.63, 3.8) is 0 Å². The summed E-state index contributed by atoms with van der Waals surface area (Å²) in [6.07, 6.45) is 2.86. The highest BCUT2D eigenvalue weighted by Crippen LogP contribution is 2.22. The molecule has 1 aliphatic rings. The van der Waals surface area contributed by atoms with Gasteiger partial charge in [0.2, 0.25) is 0 Å². The Kier molecular flexibility index (Phi) is 3.35. The summed E-state index contributed by atoms with van der Waals surface area (Å²) in [4.78, 5) is 6.56. The Morgan fingerprint density at radius 3 is 2.94 bits per heavy atom. The van der Waals surface area contributed by atoms with Crippen molar-refractivity contribution in [3.05, 3.63) is 18.3 Å². The molecule has 6 heteroatoms. The van der Waals surface area contributed by atoms with Gasteiger partial charge in [-0.25, -0.2) is 13.4 Å². The van der Waals surface area contributed by atoms with Gasteiger partial charge in [-0.1, -0.05) is 0 Å². The Balaban J connectivity index is 2.38. The van der Waals surface area contributed by atoms with Gasteiger partial charge in [-0.3, -0.25) is 0 Å². The Labute approximate surface area is 102 Å². The molecule has 0 aromatic carbocycles. The summed E-state index contributed by atoms with van der Waals surface area (Å²) in [5, 5.41) is 3.32. The lowest BCUT2D eigenvalue weighted by Crippen LogP contribution is -2.49. The molecule has 1 aromatic rings. The fourth-order valence-electron chi connectivity index (χ4n) is 2.03. The standard InChI is InChI=1S/C11H17N3O2S/c1-9-8-14(7-6-12-9)11-10(17(2,15)16)4-3-5-13-11/h3-5,9,12H,6-8H2,1-2H3. The van der Waals surface area contributed by atoms with Crippen LogP contribution in [0, 0.1) is 0 Å². The van der Waals surface area contributed by atoms with Crippen LogP contribution in [-0.4, -0.2) is 45.3 Å². The molecule has 1 aromatic heterocycles. The van der Waals surface area contributed by atoms with Crippen LogP contribution in [0.5, 0.6) is 0 Å². The monoisotopic (exact) mass is 255 g/mol. The second-order valence-electron chi connectivity index (χ2n) is 4.40. The van der Waals surface area contributed by atoms with Crippen molar-refractivity contribution in [2.75, 3.05) is 30.8 Å². The third-order valence-electron chi connectivity index (χ3n) is 2.82. The van der Waals surface area contributed by atoms with Gasteiger partial charge in [0.05, 0.1) is 0 Å². The number of anilines is 1. The third-order valence-corrected chi connectivity index (χ3v) is 3.94. The van der Waals surface area contributed by atoms with Gasteiger partial charge in [0.25, 0.3) is 0 Å². The predicted molar refractivity (Wildman–Crippen MR) is 67.0 cm³/mol. The minimum absolute atomic E-state index is 0.314. The first-order valence-electron chi connectivity index (χ1n) is 5.62. The maximum atomic E-state index is 11.7. The second-order valence-corrected chi connectivity index (χ2v) is 6.38. The van der Waals surface area contributed by atoms with Crippen LogP contribution in [0.25, 0.3) is 0 Å². The van der Waals surface area contributed by atoms with Crippen LogP contribution in [0.2, 0.25) is 0 Å². The third kappa shape index (κ3) is 2.76. The number of sulfone groups is 1. The summed E-state index contributed by atoms with van der Waals surface area (Å²) < 4.78 is 23.4. The molecule has 2 heterocycles. The van der Waals surface area contributed by atoms with Gasteiger partial charge in [0.15, 0.2) is 9.84 Å². The fourth-order valence-corrected chi connectivity index (χ4v) is 2.87. The number of hydrogen-bond donors (Lipinski definition) is 1. The van der Waals surface area contributed by atoms with E-state index in [4.69, 9.17) is 0 Å². The summed E-state index contributed by atoms with van der Waals surface area (Å²) in [5.74, 6) is 0.573. The lowest BCUT2D eigenvalue weighted by Gasteiger charge is -2.33. The van der Waals surface area contributed by atoms with Crippen LogP contribution in [0.3, 0.4) is 0 Å². The van der Waals surface area contributed by atoms with Gasteiger partial charge in [-0.15, -0.1) is 0 Å². The van der Waals surface area contributed by atoms with Crippen molar-refractivity contribution in [3.8, 4) is 0 Å². The molecule has 0 amide bonds. The topological polar surface area (TPSA) is 62.3 Å². The maximum Gasteiger partial charge on any atom is 0.179 e. The summed E-state index contributed by atoms with van der Waals surface area (Å²) in [6, 6.07) is 3.62. The van der Waals surface area contributed by atoms with Crippen LogP contribution in [0.1, 0.15) is 6.92 Å². The van der Waals surface area contributed by atoms with E-state index < -0.39 is 9.84 Å². The Hall–Kier alpha value is -1.14. The molecule has 1 fully saturated rings. The van der Waals surface area contributed by atoms with Crippen molar-refractivity contribution < 1.29 is 8.42 Å². The highest BCUT2D eigenvalue weighted by atomic mass is 32.2. The molecular formula is C11H17N3O2S. The normalized spacial score (nSPS) is 21.5. The van der Waals surface area contributed by atoms with E-state index in [2.05, 4.69) is 17.2 Å². The zero-order valence-corrected chi connectivity index (χ0v) is 10.9. The molecule has 1 saturated heterocycles. The number of piperazine rings is 1. The molecule has 0 saturated carbocycles. The molecule has 1 atom stereocenters. The molecule has 1 unspecified atom stereocenters. The maximum absolute atomic E-state index is 11.7. The number of hydrogen-bond acceptors (Lipinski definition) is 5. The summed E-state index contributed by atoms with van der Waals surface area (Å²) in [5.41, 5.74) is 0. The minimum Gasteiger partial charge on any atom is -0.353 e. The molecule has 0 spiro atoms. The predicted octanol–water partition coefficient (Wildman–Crippen LogP) is 0.283. The van der Waals surface area contributed by atoms with Gasteiger partial charge >= 0.3 is 0 Å². The first-order chi connectivity index (χ1) is 7.98. The van der Waals surface area contributed by atoms with E-state index in [0.717, 1.165) is 19.6 Å². The van der Waals surface area contributed by atoms with Gasteiger partial charge in [0, 0.05) is 38.1 Å².